The molecule has 0 fully saturated rings. The number of fused-ring (bicyclic) bond motifs is 1. The maximum absolute atomic E-state index is 13.0. The molecule has 0 saturated carbocycles. The van der Waals surface area contributed by atoms with E-state index in [1.807, 2.05) is 6.07 Å². The van der Waals surface area contributed by atoms with E-state index in [0.717, 1.165) is 36.1 Å². The van der Waals surface area contributed by atoms with Crippen molar-refractivity contribution in [2.45, 2.75) is 45.6 Å². The Morgan fingerprint density at radius 1 is 1.25 bits per heavy atom. The first-order valence-corrected chi connectivity index (χ1v) is 12.2. The molecule has 3 aromatic rings. The van der Waals surface area contributed by atoms with E-state index in [1.54, 1.807) is 38.1 Å². The number of ether oxygens (including phenoxy) is 1. The highest BCUT2D eigenvalue weighted by molar-refractivity contribution is 7.17. The van der Waals surface area contributed by atoms with Crippen LogP contribution in [0.15, 0.2) is 46.4 Å². The molecule has 0 unspecified atom stereocenters. The van der Waals surface area contributed by atoms with Crippen molar-refractivity contribution in [2.24, 2.45) is 0 Å². The van der Waals surface area contributed by atoms with Crippen molar-refractivity contribution in [3.8, 4) is 17.4 Å². The van der Waals surface area contributed by atoms with E-state index in [1.165, 1.54) is 29.5 Å². The highest BCUT2D eigenvalue weighted by atomic mass is 32.1. The van der Waals surface area contributed by atoms with Crippen LogP contribution in [0.5, 0.6) is 0 Å². The van der Waals surface area contributed by atoms with E-state index < -0.39 is 16.8 Å². The summed E-state index contributed by atoms with van der Waals surface area (Å²) in [5.74, 6) is -0.585. The summed E-state index contributed by atoms with van der Waals surface area (Å²) >= 11 is 1.34. The number of nitrogens with one attached hydrogen (secondary N) is 1. The third kappa shape index (κ3) is 5.37. The van der Waals surface area contributed by atoms with Crippen LogP contribution < -0.4 is 5.32 Å². The summed E-state index contributed by atoms with van der Waals surface area (Å²) < 4.78 is 11.1. The van der Waals surface area contributed by atoms with Gasteiger partial charge in [0, 0.05) is 28.6 Å². The molecular weight excluding hydrogens is 482 g/mol. The first-order chi connectivity index (χ1) is 17.3. The molecule has 0 atom stereocenters. The lowest BCUT2D eigenvalue weighted by molar-refractivity contribution is -0.384. The number of aryl methyl sites for hydroxylation is 1. The van der Waals surface area contributed by atoms with E-state index in [-0.39, 0.29) is 23.1 Å². The molecule has 1 aliphatic carbocycles. The van der Waals surface area contributed by atoms with Gasteiger partial charge in [-0.25, -0.2) is 4.79 Å². The minimum Gasteiger partial charge on any atom is -0.459 e. The maximum Gasteiger partial charge on any atom is 0.341 e. The summed E-state index contributed by atoms with van der Waals surface area (Å²) in [6.45, 7) is 3.52. The van der Waals surface area contributed by atoms with Gasteiger partial charge in [-0.2, -0.15) is 5.26 Å². The number of nitro groups is 1. The topological polar surface area (TPSA) is 135 Å². The average Bonchev–Trinajstić information content (AvgIpc) is 3.46. The number of nitriles is 1. The van der Waals surface area contributed by atoms with Crippen LogP contribution in [0.2, 0.25) is 0 Å². The lowest BCUT2D eigenvalue weighted by atomic mass is 9.95. The Morgan fingerprint density at radius 3 is 2.75 bits per heavy atom. The molecule has 4 rings (SSSR count). The highest BCUT2D eigenvalue weighted by Gasteiger charge is 2.28. The third-order valence-corrected chi connectivity index (χ3v) is 6.77. The number of furan rings is 1. The molecule has 1 amide bonds. The second-order valence-electron chi connectivity index (χ2n) is 8.50. The molecule has 9 nitrogen and oxygen atoms in total. The molecule has 0 aliphatic heterocycles. The van der Waals surface area contributed by atoms with Crippen molar-refractivity contribution in [1.82, 2.24) is 0 Å². The number of non-ortho nitro benzene ring substituents is 1. The summed E-state index contributed by atoms with van der Waals surface area (Å²) in [6.07, 6.45) is 4.50. The summed E-state index contributed by atoms with van der Waals surface area (Å²) in [6, 6.07) is 11.0. The first-order valence-electron chi connectivity index (χ1n) is 11.4. The zero-order chi connectivity index (χ0) is 25.8. The largest absolute Gasteiger partial charge is 0.459 e. The van der Waals surface area contributed by atoms with Crippen LogP contribution in [0.3, 0.4) is 0 Å². The van der Waals surface area contributed by atoms with Gasteiger partial charge in [-0.1, -0.05) is 12.1 Å². The average molecular weight is 506 g/mol. The molecule has 1 aromatic carbocycles. The van der Waals surface area contributed by atoms with Crippen LogP contribution in [0.4, 0.5) is 10.7 Å². The number of esters is 1. The van der Waals surface area contributed by atoms with E-state index in [9.17, 15) is 25.0 Å². The zero-order valence-electron chi connectivity index (χ0n) is 19.7. The van der Waals surface area contributed by atoms with Gasteiger partial charge >= 0.3 is 5.97 Å². The molecule has 36 heavy (non-hydrogen) atoms. The molecule has 0 spiro atoms. The predicted octanol–water partition coefficient (Wildman–Crippen LogP) is 5.91. The van der Waals surface area contributed by atoms with Crippen LogP contribution in [-0.2, 0) is 22.4 Å². The molecule has 1 aliphatic rings. The Balaban J connectivity index is 1.59. The quantitative estimate of drug-likeness (QED) is 0.139. The molecule has 2 aromatic heterocycles. The van der Waals surface area contributed by atoms with Gasteiger partial charge < -0.3 is 14.5 Å². The molecule has 0 saturated heterocycles. The van der Waals surface area contributed by atoms with Crippen molar-refractivity contribution in [3.05, 3.63) is 73.8 Å². The van der Waals surface area contributed by atoms with Crippen molar-refractivity contribution in [2.75, 3.05) is 5.32 Å². The van der Waals surface area contributed by atoms with Crippen molar-refractivity contribution in [1.29, 1.82) is 5.26 Å². The molecular formula is C26H23N3O6S. The second-order valence-corrected chi connectivity index (χ2v) is 9.61. The summed E-state index contributed by atoms with van der Waals surface area (Å²) in [7, 11) is 0. The number of anilines is 1. The number of thiophene rings is 1. The fraction of sp³-hybridized carbons (Fsp3) is 0.269. The van der Waals surface area contributed by atoms with Crippen LogP contribution >= 0.6 is 11.3 Å². The number of hydrogen-bond donors (Lipinski definition) is 1. The minimum absolute atomic E-state index is 0.0801. The smallest absolute Gasteiger partial charge is 0.341 e. The number of nitrogens with zero attached hydrogens (tertiary/aromatic N) is 2. The molecule has 0 radical (unpaired) electrons. The molecule has 2 heterocycles. The molecule has 10 heteroatoms. The van der Waals surface area contributed by atoms with E-state index in [0.29, 0.717) is 21.9 Å². The summed E-state index contributed by atoms with van der Waals surface area (Å²) in [5.41, 5.74) is 1.46. The van der Waals surface area contributed by atoms with Gasteiger partial charge in [-0.15, -0.1) is 11.3 Å². The van der Waals surface area contributed by atoms with E-state index in [2.05, 4.69) is 5.32 Å². The summed E-state index contributed by atoms with van der Waals surface area (Å²) in [4.78, 5) is 37.4. The number of rotatable bonds is 7. The van der Waals surface area contributed by atoms with Crippen molar-refractivity contribution >= 4 is 40.0 Å². The Morgan fingerprint density at radius 2 is 2.03 bits per heavy atom. The number of hydrogen-bond acceptors (Lipinski definition) is 8. The number of nitro benzene ring substituents is 1. The number of amides is 1. The SMILES string of the molecule is CC(C)OC(=O)c1c(NC(=O)C(C#N)=Cc2ccc(-c3cccc([N+](=O)[O-])c3)o2)sc2c1CCCC2. The standard InChI is InChI=1S/C26H23N3O6S/c1-15(2)34-26(31)23-20-8-3-4-9-22(20)36-25(23)28-24(30)17(14-27)13-19-10-11-21(35-19)16-6-5-7-18(12-16)29(32)33/h5-7,10-13,15H,3-4,8-9H2,1-2H3,(H,28,30). The van der Waals surface area contributed by atoms with Gasteiger partial charge in [-0.05, 0) is 57.2 Å². The van der Waals surface area contributed by atoms with Crippen molar-refractivity contribution in [3.63, 3.8) is 0 Å². The molecule has 0 bridgehead atoms. The van der Waals surface area contributed by atoms with E-state index in [4.69, 9.17) is 9.15 Å². The summed E-state index contributed by atoms with van der Waals surface area (Å²) in [5, 5.41) is 23.8. The Bertz CT molecular complexity index is 1410. The third-order valence-electron chi connectivity index (χ3n) is 5.57. The zero-order valence-corrected chi connectivity index (χ0v) is 20.5. The predicted molar refractivity (Wildman–Crippen MR) is 135 cm³/mol. The second kappa shape index (κ2) is 10.6. The number of carbonyl (C=O) groups excluding carboxylic acids is 2. The van der Waals surface area contributed by atoms with Crippen LogP contribution in [0.1, 0.15) is 53.2 Å². The fourth-order valence-electron chi connectivity index (χ4n) is 3.96. The monoisotopic (exact) mass is 505 g/mol. The molecule has 184 valence electrons. The van der Waals surface area contributed by atoms with Gasteiger partial charge in [0.2, 0.25) is 0 Å². The van der Waals surface area contributed by atoms with Gasteiger partial charge in [0.15, 0.2) is 0 Å². The minimum atomic E-state index is -0.678. The van der Waals surface area contributed by atoms with Crippen LogP contribution in [0.25, 0.3) is 17.4 Å². The van der Waals surface area contributed by atoms with Gasteiger partial charge in [0.25, 0.3) is 11.6 Å². The fourth-order valence-corrected chi connectivity index (χ4v) is 5.23. The number of benzene rings is 1. The molecule has 1 N–H and O–H groups in total. The van der Waals surface area contributed by atoms with Crippen LogP contribution in [0, 0.1) is 21.4 Å². The van der Waals surface area contributed by atoms with Gasteiger partial charge in [-0.3, -0.25) is 14.9 Å². The first kappa shape index (κ1) is 24.9. The lowest BCUT2D eigenvalue weighted by Crippen LogP contribution is -2.18. The Kier molecular flexibility index (Phi) is 7.31. The van der Waals surface area contributed by atoms with E-state index >= 15 is 0 Å². The maximum atomic E-state index is 13.0. The van der Waals surface area contributed by atoms with Gasteiger partial charge in [0.1, 0.15) is 28.2 Å². The highest BCUT2D eigenvalue weighted by Crippen LogP contribution is 2.39. The lowest BCUT2D eigenvalue weighted by Gasteiger charge is -2.14. The van der Waals surface area contributed by atoms with Crippen molar-refractivity contribution < 1.29 is 23.7 Å². The Labute approximate surface area is 211 Å². The number of carbonyl (C=O) groups is 2. The normalized spacial score (nSPS) is 13.1. The van der Waals surface area contributed by atoms with Gasteiger partial charge in [0.05, 0.1) is 16.6 Å². The Hall–Kier alpha value is -4.23. The van der Waals surface area contributed by atoms with Crippen LogP contribution in [-0.4, -0.2) is 22.9 Å².